The molecule has 0 fully saturated rings. The second kappa shape index (κ2) is 5.66. The van der Waals surface area contributed by atoms with Crippen LogP contribution in [0, 0.1) is 6.92 Å². The van der Waals surface area contributed by atoms with Gasteiger partial charge in [-0.25, -0.2) is 4.98 Å². The van der Waals surface area contributed by atoms with Crippen LogP contribution < -0.4 is 0 Å². The maximum absolute atomic E-state index is 6.03. The number of hydrogen-bond donors (Lipinski definition) is 0. The van der Waals surface area contributed by atoms with Crippen LogP contribution in [0.1, 0.15) is 18.2 Å². The first-order valence-electron chi connectivity index (χ1n) is 6.82. The van der Waals surface area contributed by atoms with Crippen molar-refractivity contribution in [2.75, 3.05) is 0 Å². The van der Waals surface area contributed by atoms with Crippen molar-refractivity contribution in [3.63, 3.8) is 0 Å². The molecule has 0 atom stereocenters. The van der Waals surface area contributed by atoms with Crippen molar-refractivity contribution in [2.45, 2.75) is 20.3 Å². The molecule has 0 aliphatic carbocycles. The first kappa shape index (κ1) is 13.8. The van der Waals surface area contributed by atoms with E-state index in [0.29, 0.717) is 10.8 Å². The zero-order valence-electron chi connectivity index (χ0n) is 11.9. The number of pyridine rings is 1. The van der Waals surface area contributed by atoms with Gasteiger partial charge in [0.05, 0.1) is 16.4 Å². The van der Waals surface area contributed by atoms with E-state index in [0.717, 1.165) is 23.4 Å². The molecule has 21 heavy (non-hydrogen) atoms. The Bertz CT molecular complexity index is 803. The molecule has 1 aromatic carbocycles. The Morgan fingerprint density at radius 2 is 1.86 bits per heavy atom. The monoisotopic (exact) mass is 298 g/mol. The Morgan fingerprint density at radius 3 is 2.57 bits per heavy atom. The number of hydrogen-bond acceptors (Lipinski definition) is 3. The third-order valence-electron chi connectivity index (χ3n) is 3.33. The SMILES string of the molecule is CCc1ccc(N=Nc2c(C)nc3ccc(Cl)cn23)cc1. The molecule has 0 spiro atoms. The number of nitrogens with zero attached hydrogens (tertiary/aromatic N) is 4. The second-order valence-electron chi connectivity index (χ2n) is 4.82. The van der Waals surface area contributed by atoms with Crippen LogP contribution in [-0.4, -0.2) is 9.38 Å². The molecule has 2 heterocycles. The molecule has 4 nitrogen and oxygen atoms in total. The highest BCUT2D eigenvalue weighted by molar-refractivity contribution is 6.30. The van der Waals surface area contributed by atoms with Crippen LogP contribution in [0.3, 0.4) is 0 Å². The van der Waals surface area contributed by atoms with E-state index in [2.05, 4.69) is 34.3 Å². The zero-order chi connectivity index (χ0) is 14.8. The topological polar surface area (TPSA) is 42.0 Å². The molecule has 0 N–H and O–H groups in total. The van der Waals surface area contributed by atoms with Crippen molar-refractivity contribution in [3.05, 3.63) is 58.9 Å². The Labute approximate surface area is 128 Å². The van der Waals surface area contributed by atoms with E-state index in [1.807, 2.05) is 35.6 Å². The number of azo groups is 1. The molecule has 0 aliphatic rings. The highest BCUT2D eigenvalue weighted by Crippen LogP contribution is 2.25. The molecule has 3 aromatic rings. The normalized spacial score (nSPS) is 11.6. The molecular formula is C16H15ClN4. The van der Waals surface area contributed by atoms with Crippen molar-refractivity contribution in [1.82, 2.24) is 9.38 Å². The third-order valence-corrected chi connectivity index (χ3v) is 3.55. The van der Waals surface area contributed by atoms with Crippen LogP contribution in [0.15, 0.2) is 52.8 Å². The summed E-state index contributed by atoms with van der Waals surface area (Å²) in [6.45, 7) is 4.04. The molecule has 106 valence electrons. The Hall–Kier alpha value is -2.20. The number of halogens is 1. The van der Waals surface area contributed by atoms with E-state index in [-0.39, 0.29) is 0 Å². The Morgan fingerprint density at radius 1 is 1.10 bits per heavy atom. The van der Waals surface area contributed by atoms with Crippen LogP contribution in [0.5, 0.6) is 0 Å². The standard InChI is InChI=1S/C16H15ClN4/c1-3-12-4-7-14(8-5-12)19-20-16-11(2)18-15-9-6-13(17)10-21(15)16/h4-10H,3H2,1-2H3. The van der Waals surface area contributed by atoms with Gasteiger partial charge in [0.1, 0.15) is 5.65 Å². The van der Waals surface area contributed by atoms with Gasteiger partial charge in [0.15, 0.2) is 5.82 Å². The number of rotatable bonds is 3. The summed E-state index contributed by atoms with van der Waals surface area (Å²) in [6.07, 6.45) is 2.81. The number of aryl methyl sites for hydroxylation is 2. The molecule has 0 unspecified atom stereocenters. The van der Waals surface area contributed by atoms with Crippen LogP contribution in [0.2, 0.25) is 5.02 Å². The van der Waals surface area contributed by atoms with Crippen LogP contribution in [0.4, 0.5) is 11.5 Å². The van der Waals surface area contributed by atoms with Crippen LogP contribution >= 0.6 is 11.6 Å². The van der Waals surface area contributed by atoms with Gasteiger partial charge < -0.3 is 0 Å². The van der Waals surface area contributed by atoms with E-state index in [1.54, 1.807) is 6.20 Å². The highest BCUT2D eigenvalue weighted by atomic mass is 35.5. The first-order chi connectivity index (χ1) is 10.2. The van der Waals surface area contributed by atoms with Gasteiger partial charge in [0, 0.05) is 6.20 Å². The first-order valence-corrected chi connectivity index (χ1v) is 7.20. The van der Waals surface area contributed by atoms with Crippen LogP contribution in [-0.2, 0) is 6.42 Å². The van der Waals surface area contributed by atoms with E-state index in [9.17, 15) is 0 Å². The summed E-state index contributed by atoms with van der Waals surface area (Å²) in [5, 5.41) is 9.26. The van der Waals surface area contributed by atoms with Gasteiger partial charge >= 0.3 is 0 Å². The number of aromatic nitrogens is 2. The number of fused-ring (bicyclic) bond motifs is 1. The molecule has 5 heteroatoms. The van der Waals surface area contributed by atoms with Gasteiger partial charge in [-0.15, -0.1) is 10.2 Å². The van der Waals surface area contributed by atoms with E-state index < -0.39 is 0 Å². The lowest BCUT2D eigenvalue weighted by Gasteiger charge is -1.98. The molecule has 0 radical (unpaired) electrons. The molecule has 0 amide bonds. The van der Waals surface area contributed by atoms with E-state index in [1.165, 1.54) is 5.56 Å². The third kappa shape index (κ3) is 2.81. The summed E-state index contributed by atoms with van der Waals surface area (Å²) in [7, 11) is 0. The van der Waals surface area contributed by atoms with Gasteiger partial charge in [0.2, 0.25) is 0 Å². The summed E-state index contributed by atoms with van der Waals surface area (Å²) in [6, 6.07) is 11.7. The Kier molecular flexibility index (Phi) is 3.71. The largest absolute Gasteiger partial charge is 0.281 e. The van der Waals surface area contributed by atoms with Gasteiger partial charge in [-0.2, -0.15) is 0 Å². The summed E-state index contributed by atoms with van der Waals surface area (Å²) in [4.78, 5) is 4.44. The van der Waals surface area contributed by atoms with Crippen molar-refractivity contribution < 1.29 is 0 Å². The predicted octanol–water partition coefficient (Wildman–Crippen LogP) is 5.27. The summed E-state index contributed by atoms with van der Waals surface area (Å²) in [5.41, 5.74) is 3.74. The van der Waals surface area contributed by atoms with Crippen molar-refractivity contribution in [3.8, 4) is 0 Å². The molecule has 0 saturated carbocycles. The summed E-state index contributed by atoms with van der Waals surface area (Å²) in [5.74, 6) is 0.701. The van der Waals surface area contributed by atoms with E-state index >= 15 is 0 Å². The lowest BCUT2D eigenvalue weighted by Crippen LogP contribution is -1.82. The minimum atomic E-state index is 0.642. The fraction of sp³-hybridized carbons (Fsp3) is 0.188. The number of benzene rings is 1. The number of imidazole rings is 1. The fourth-order valence-electron chi connectivity index (χ4n) is 2.15. The molecule has 0 aliphatic heterocycles. The fourth-order valence-corrected chi connectivity index (χ4v) is 2.31. The van der Waals surface area contributed by atoms with Crippen molar-refractivity contribution >= 4 is 28.8 Å². The highest BCUT2D eigenvalue weighted by Gasteiger charge is 2.08. The maximum Gasteiger partial charge on any atom is 0.182 e. The van der Waals surface area contributed by atoms with Gasteiger partial charge in [-0.1, -0.05) is 30.7 Å². The van der Waals surface area contributed by atoms with E-state index in [4.69, 9.17) is 11.6 Å². The molecular weight excluding hydrogens is 284 g/mol. The van der Waals surface area contributed by atoms with Gasteiger partial charge in [-0.3, -0.25) is 4.40 Å². The van der Waals surface area contributed by atoms with Crippen molar-refractivity contribution in [2.24, 2.45) is 10.2 Å². The summed E-state index contributed by atoms with van der Waals surface area (Å²) < 4.78 is 1.85. The minimum absolute atomic E-state index is 0.642. The average Bonchev–Trinajstić information content (AvgIpc) is 2.80. The quantitative estimate of drug-likeness (QED) is 0.607. The van der Waals surface area contributed by atoms with Crippen LogP contribution in [0.25, 0.3) is 5.65 Å². The van der Waals surface area contributed by atoms with Gasteiger partial charge in [0.25, 0.3) is 0 Å². The Balaban J connectivity index is 1.98. The minimum Gasteiger partial charge on any atom is -0.281 e. The van der Waals surface area contributed by atoms with Crippen molar-refractivity contribution in [1.29, 1.82) is 0 Å². The maximum atomic E-state index is 6.03. The molecule has 3 rings (SSSR count). The lowest BCUT2D eigenvalue weighted by atomic mass is 10.2. The predicted molar refractivity (Wildman–Crippen MR) is 84.9 cm³/mol. The average molecular weight is 299 g/mol. The summed E-state index contributed by atoms with van der Waals surface area (Å²) >= 11 is 6.03. The molecule has 2 aromatic heterocycles. The zero-order valence-corrected chi connectivity index (χ0v) is 12.7. The molecule has 0 saturated heterocycles. The smallest absolute Gasteiger partial charge is 0.182 e. The second-order valence-corrected chi connectivity index (χ2v) is 5.25. The molecule has 0 bridgehead atoms. The lowest BCUT2D eigenvalue weighted by molar-refractivity contribution is 1.09. The van der Waals surface area contributed by atoms with Gasteiger partial charge in [-0.05, 0) is 43.2 Å².